The van der Waals surface area contributed by atoms with Gasteiger partial charge >= 0.3 is 5.97 Å². The van der Waals surface area contributed by atoms with Gasteiger partial charge in [-0.15, -0.1) is 0 Å². The summed E-state index contributed by atoms with van der Waals surface area (Å²) < 4.78 is 0.854. The van der Waals surface area contributed by atoms with E-state index in [1.807, 2.05) is 0 Å². The van der Waals surface area contributed by atoms with Crippen LogP contribution in [0.5, 0.6) is 0 Å². The molecule has 3 aromatic rings. The van der Waals surface area contributed by atoms with Gasteiger partial charge in [0.2, 0.25) is 0 Å². The van der Waals surface area contributed by atoms with Crippen LogP contribution in [0.4, 0.5) is 11.4 Å². The second-order valence-corrected chi connectivity index (χ2v) is 6.76. The number of anilines is 2. The molecule has 0 atom stereocenters. The van der Waals surface area contributed by atoms with Gasteiger partial charge in [-0.2, -0.15) is 0 Å². The molecule has 7 heteroatoms. The lowest BCUT2D eigenvalue weighted by atomic mass is 10.1. The Balaban J connectivity index is 1.80. The number of hydrogen-bond donors (Lipinski definition) is 3. The molecule has 28 heavy (non-hydrogen) atoms. The summed E-state index contributed by atoms with van der Waals surface area (Å²) in [5.74, 6) is -1.90. The fourth-order valence-corrected chi connectivity index (χ4v) is 2.78. The van der Waals surface area contributed by atoms with Crippen molar-refractivity contribution in [3.05, 3.63) is 94.0 Å². The maximum Gasteiger partial charge on any atom is 0.335 e. The number of aromatic carboxylic acids is 1. The van der Waals surface area contributed by atoms with Gasteiger partial charge in [0.25, 0.3) is 11.8 Å². The maximum absolute atomic E-state index is 12.7. The van der Waals surface area contributed by atoms with E-state index in [0.717, 1.165) is 4.47 Å². The minimum atomic E-state index is -1.08. The Kier molecular flexibility index (Phi) is 5.86. The molecule has 0 saturated carbocycles. The average molecular weight is 439 g/mol. The van der Waals surface area contributed by atoms with Gasteiger partial charge in [0.15, 0.2) is 0 Å². The highest BCUT2D eigenvalue weighted by Gasteiger charge is 2.15. The number of carboxylic acids is 1. The van der Waals surface area contributed by atoms with Crippen molar-refractivity contribution < 1.29 is 19.5 Å². The standard InChI is InChI=1S/C21H15BrN2O4/c22-15-10-8-13(9-11-15)19(25)24-18-7-2-1-6-17(18)20(26)23-16-5-3-4-14(12-16)21(27)28/h1-12H,(H,23,26)(H,24,25)(H,27,28). The molecule has 0 aliphatic carbocycles. The van der Waals surface area contributed by atoms with Crippen LogP contribution in [-0.2, 0) is 0 Å². The maximum atomic E-state index is 12.7. The molecule has 0 spiro atoms. The molecule has 3 N–H and O–H groups in total. The highest BCUT2D eigenvalue weighted by atomic mass is 79.9. The predicted octanol–water partition coefficient (Wildman–Crippen LogP) is 4.65. The Morgan fingerprint density at radius 3 is 2.18 bits per heavy atom. The smallest absolute Gasteiger partial charge is 0.335 e. The molecule has 0 aliphatic rings. The van der Waals surface area contributed by atoms with Gasteiger partial charge in [-0.25, -0.2) is 4.79 Å². The van der Waals surface area contributed by atoms with E-state index in [1.165, 1.54) is 12.1 Å². The molecular weight excluding hydrogens is 424 g/mol. The largest absolute Gasteiger partial charge is 0.478 e. The third-order valence-corrected chi connectivity index (χ3v) is 4.42. The number of carboxylic acid groups (broad SMARTS) is 1. The van der Waals surface area contributed by atoms with Gasteiger partial charge in [0.1, 0.15) is 0 Å². The number of amides is 2. The zero-order chi connectivity index (χ0) is 20.1. The zero-order valence-electron chi connectivity index (χ0n) is 14.5. The van der Waals surface area contributed by atoms with E-state index in [1.54, 1.807) is 60.7 Å². The van der Waals surface area contributed by atoms with Crippen molar-refractivity contribution >= 4 is 45.1 Å². The minimum Gasteiger partial charge on any atom is -0.478 e. The second kappa shape index (κ2) is 8.49. The van der Waals surface area contributed by atoms with Gasteiger partial charge < -0.3 is 15.7 Å². The van der Waals surface area contributed by atoms with Gasteiger partial charge in [0.05, 0.1) is 16.8 Å². The average Bonchev–Trinajstić information content (AvgIpc) is 2.69. The summed E-state index contributed by atoms with van der Waals surface area (Å²) in [6, 6.07) is 19.4. The zero-order valence-corrected chi connectivity index (χ0v) is 16.1. The number of halogens is 1. The number of nitrogens with one attached hydrogen (secondary N) is 2. The Morgan fingerprint density at radius 2 is 1.46 bits per heavy atom. The fourth-order valence-electron chi connectivity index (χ4n) is 2.51. The van der Waals surface area contributed by atoms with Crippen molar-refractivity contribution in [3.63, 3.8) is 0 Å². The minimum absolute atomic E-state index is 0.0645. The van der Waals surface area contributed by atoms with E-state index in [9.17, 15) is 14.4 Å². The predicted molar refractivity (Wildman–Crippen MR) is 110 cm³/mol. The summed E-state index contributed by atoms with van der Waals surface area (Å²) >= 11 is 3.32. The highest BCUT2D eigenvalue weighted by Crippen LogP contribution is 2.20. The van der Waals surface area contributed by atoms with Crippen molar-refractivity contribution in [2.45, 2.75) is 0 Å². The van der Waals surface area contributed by atoms with Gasteiger partial charge in [-0.1, -0.05) is 34.1 Å². The van der Waals surface area contributed by atoms with Crippen LogP contribution in [0, 0.1) is 0 Å². The first-order chi connectivity index (χ1) is 13.4. The van der Waals surface area contributed by atoms with Crippen LogP contribution in [0.1, 0.15) is 31.1 Å². The van der Waals surface area contributed by atoms with E-state index in [2.05, 4.69) is 26.6 Å². The first kappa shape index (κ1) is 19.3. The number of hydrogen-bond acceptors (Lipinski definition) is 3. The Bertz CT molecular complexity index is 1050. The van der Waals surface area contributed by atoms with Crippen molar-refractivity contribution in [1.29, 1.82) is 0 Å². The van der Waals surface area contributed by atoms with Gasteiger partial charge in [0, 0.05) is 15.7 Å². The molecule has 0 radical (unpaired) electrons. The lowest BCUT2D eigenvalue weighted by molar-refractivity contribution is 0.0696. The van der Waals surface area contributed by atoms with Crippen LogP contribution in [0.2, 0.25) is 0 Å². The van der Waals surface area contributed by atoms with Crippen LogP contribution < -0.4 is 10.6 Å². The molecule has 3 rings (SSSR count). The third-order valence-electron chi connectivity index (χ3n) is 3.89. The molecule has 3 aromatic carbocycles. The lowest BCUT2D eigenvalue weighted by Gasteiger charge is -2.12. The first-order valence-electron chi connectivity index (χ1n) is 8.25. The first-order valence-corrected chi connectivity index (χ1v) is 9.04. The molecule has 0 saturated heterocycles. The highest BCUT2D eigenvalue weighted by molar-refractivity contribution is 9.10. The van der Waals surface area contributed by atoms with E-state index in [4.69, 9.17) is 5.11 Å². The number of para-hydroxylation sites is 1. The van der Waals surface area contributed by atoms with E-state index in [-0.39, 0.29) is 17.0 Å². The molecule has 2 amide bonds. The number of carbonyl (C=O) groups excluding carboxylic acids is 2. The summed E-state index contributed by atoms with van der Waals surface area (Å²) in [7, 11) is 0. The summed E-state index contributed by atoms with van der Waals surface area (Å²) in [6.07, 6.45) is 0. The molecule has 0 aliphatic heterocycles. The summed E-state index contributed by atoms with van der Waals surface area (Å²) in [5, 5.41) is 14.5. The number of benzene rings is 3. The number of rotatable bonds is 5. The van der Waals surface area contributed by atoms with Crippen LogP contribution in [0.15, 0.2) is 77.3 Å². The molecule has 140 valence electrons. The van der Waals surface area contributed by atoms with Crippen molar-refractivity contribution in [3.8, 4) is 0 Å². The van der Waals surface area contributed by atoms with Crippen LogP contribution in [0.25, 0.3) is 0 Å². The molecule has 0 bridgehead atoms. The molecule has 6 nitrogen and oxygen atoms in total. The van der Waals surface area contributed by atoms with Crippen molar-refractivity contribution in [1.82, 2.24) is 0 Å². The van der Waals surface area contributed by atoms with E-state index < -0.39 is 11.9 Å². The van der Waals surface area contributed by atoms with Crippen LogP contribution >= 0.6 is 15.9 Å². The third kappa shape index (κ3) is 4.63. The van der Waals surface area contributed by atoms with Crippen molar-refractivity contribution in [2.24, 2.45) is 0 Å². The molecule has 0 fully saturated rings. The quantitative estimate of drug-likeness (QED) is 0.539. The Morgan fingerprint density at radius 1 is 0.750 bits per heavy atom. The normalized spacial score (nSPS) is 10.2. The second-order valence-electron chi connectivity index (χ2n) is 5.85. The fraction of sp³-hybridized carbons (Fsp3) is 0. The molecule has 0 unspecified atom stereocenters. The Labute approximate surface area is 169 Å². The lowest BCUT2D eigenvalue weighted by Crippen LogP contribution is -2.18. The molecule has 0 heterocycles. The van der Waals surface area contributed by atoms with Gasteiger partial charge in [-0.05, 0) is 54.6 Å². The van der Waals surface area contributed by atoms with Gasteiger partial charge in [-0.3, -0.25) is 9.59 Å². The topological polar surface area (TPSA) is 95.5 Å². The molecular formula is C21H15BrN2O4. The van der Waals surface area contributed by atoms with Crippen molar-refractivity contribution in [2.75, 3.05) is 10.6 Å². The van der Waals surface area contributed by atoms with Crippen LogP contribution in [0.3, 0.4) is 0 Å². The molecule has 0 aromatic heterocycles. The number of carbonyl (C=O) groups is 3. The van der Waals surface area contributed by atoms with E-state index >= 15 is 0 Å². The summed E-state index contributed by atoms with van der Waals surface area (Å²) in [5.41, 5.74) is 1.47. The SMILES string of the molecule is O=C(O)c1cccc(NC(=O)c2ccccc2NC(=O)c2ccc(Br)cc2)c1. The monoisotopic (exact) mass is 438 g/mol. The van der Waals surface area contributed by atoms with Crippen LogP contribution in [-0.4, -0.2) is 22.9 Å². The Hall–Kier alpha value is -3.45. The summed E-state index contributed by atoms with van der Waals surface area (Å²) in [4.78, 5) is 36.2. The van der Waals surface area contributed by atoms with E-state index in [0.29, 0.717) is 16.9 Å². The summed E-state index contributed by atoms with van der Waals surface area (Å²) in [6.45, 7) is 0.